The minimum absolute atomic E-state index is 0.275. The summed E-state index contributed by atoms with van der Waals surface area (Å²) in [6, 6.07) is 37.0. The number of hydrogen-bond donors (Lipinski definition) is 0. The summed E-state index contributed by atoms with van der Waals surface area (Å²) in [5.74, 6) is 0.728. The summed E-state index contributed by atoms with van der Waals surface area (Å²) in [5.41, 5.74) is 5.11. The molecule has 0 spiro atoms. The fourth-order valence-electron chi connectivity index (χ4n) is 7.98. The molecule has 0 saturated heterocycles. The molecule has 4 heteroatoms. The lowest BCUT2D eigenvalue weighted by molar-refractivity contribution is 0.163. The van der Waals surface area contributed by atoms with E-state index in [1.165, 1.54) is 12.1 Å². The molecule has 0 aromatic heterocycles. The maximum Gasteiger partial charge on any atom is 0.178 e. The van der Waals surface area contributed by atoms with Gasteiger partial charge in [-0.2, -0.15) is 0 Å². The molecule has 0 radical (unpaired) electrons. The van der Waals surface area contributed by atoms with Gasteiger partial charge in [0.15, 0.2) is 5.60 Å². The van der Waals surface area contributed by atoms with E-state index in [1.807, 2.05) is 36.4 Å². The fourth-order valence-corrected chi connectivity index (χ4v) is 7.98. The van der Waals surface area contributed by atoms with E-state index in [0.717, 1.165) is 71.6 Å². The number of hydrogen-bond acceptors (Lipinski definition) is 2. The van der Waals surface area contributed by atoms with E-state index in [2.05, 4.69) is 80.6 Å². The summed E-state index contributed by atoms with van der Waals surface area (Å²) >= 11 is 0. The number of fused-ring (bicyclic) bond motifs is 11. The van der Waals surface area contributed by atoms with Gasteiger partial charge < -0.3 is 9.47 Å². The number of methoxy groups -OCH3 is 1. The van der Waals surface area contributed by atoms with E-state index in [1.54, 1.807) is 19.2 Å². The highest BCUT2D eigenvalue weighted by molar-refractivity contribution is 6.09. The SMILES string of the molecule is COc1ccc(C2(c3ccc4ccc5ccccc5c4c3)C=Cc3c4c(c5ccc(F)cc5c3O2)-c2ccc(F)cc2C4(C)C)cc1. The molecule has 0 fully saturated rings. The summed E-state index contributed by atoms with van der Waals surface area (Å²) in [7, 11) is 1.65. The van der Waals surface area contributed by atoms with Gasteiger partial charge in [0.05, 0.1) is 7.11 Å². The Morgan fingerprint density at radius 1 is 0.638 bits per heavy atom. The van der Waals surface area contributed by atoms with Gasteiger partial charge in [-0.3, -0.25) is 0 Å². The maximum atomic E-state index is 15.2. The van der Waals surface area contributed by atoms with E-state index < -0.39 is 11.0 Å². The van der Waals surface area contributed by atoms with E-state index in [4.69, 9.17) is 9.47 Å². The zero-order valence-corrected chi connectivity index (χ0v) is 26.2. The second kappa shape index (κ2) is 9.76. The molecule has 1 aliphatic heterocycles. The Balaban J connectivity index is 1.36. The molecule has 228 valence electrons. The van der Waals surface area contributed by atoms with Crippen molar-refractivity contribution in [2.75, 3.05) is 7.11 Å². The van der Waals surface area contributed by atoms with Crippen molar-refractivity contribution in [3.05, 3.63) is 161 Å². The van der Waals surface area contributed by atoms with Crippen molar-refractivity contribution in [3.8, 4) is 22.6 Å². The van der Waals surface area contributed by atoms with E-state index in [0.29, 0.717) is 11.1 Å². The van der Waals surface area contributed by atoms with Crippen LogP contribution in [0.15, 0.2) is 121 Å². The van der Waals surface area contributed by atoms with Crippen molar-refractivity contribution in [1.82, 2.24) is 0 Å². The molecule has 0 saturated carbocycles. The zero-order valence-electron chi connectivity index (χ0n) is 26.2. The van der Waals surface area contributed by atoms with Crippen molar-refractivity contribution in [2.45, 2.75) is 24.9 Å². The van der Waals surface area contributed by atoms with E-state index in [-0.39, 0.29) is 11.6 Å². The molecular weight excluding hydrogens is 586 g/mol. The Morgan fingerprint density at radius 2 is 1.34 bits per heavy atom. The molecule has 1 unspecified atom stereocenters. The lowest BCUT2D eigenvalue weighted by Gasteiger charge is -2.38. The van der Waals surface area contributed by atoms with Crippen LogP contribution < -0.4 is 9.47 Å². The smallest absolute Gasteiger partial charge is 0.178 e. The lowest BCUT2D eigenvalue weighted by atomic mass is 9.76. The monoisotopic (exact) mass is 616 g/mol. The Kier molecular flexibility index (Phi) is 5.77. The van der Waals surface area contributed by atoms with Crippen molar-refractivity contribution in [1.29, 1.82) is 0 Å². The average molecular weight is 617 g/mol. The summed E-state index contributed by atoms with van der Waals surface area (Å²) in [6.07, 6.45) is 4.25. The Hall–Kier alpha value is -5.48. The quantitative estimate of drug-likeness (QED) is 0.184. The minimum atomic E-state index is -1.04. The van der Waals surface area contributed by atoms with Crippen LogP contribution in [0.25, 0.3) is 49.5 Å². The molecule has 47 heavy (non-hydrogen) atoms. The first-order valence-electron chi connectivity index (χ1n) is 15.8. The molecule has 7 aromatic rings. The van der Waals surface area contributed by atoms with Gasteiger partial charge in [-0.05, 0) is 97.7 Å². The molecule has 2 nitrogen and oxygen atoms in total. The number of rotatable bonds is 3. The first kappa shape index (κ1) is 27.8. The van der Waals surface area contributed by atoms with Crippen LogP contribution in [0.4, 0.5) is 8.78 Å². The topological polar surface area (TPSA) is 18.5 Å². The highest BCUT2D eigenvalue weighted by Crippen LogP contribution is 2.58. The molecular formula is C43H30F2O2. The predicted octanol–water partition coefficient (Wildman–Crippen LogP) is 11.1. The summed E-state index contributed by atoms with van der Waals surface area (Å²) in [6.45, 7) is 4.25. The third kappa shape index (κ3) is 3.88. The standard InChI is InChI=1S/C43H30F2O2/c1-42(2)38-24-30(45)15-19-34(38)39-33-18-14-29(44)23-37(33)41-35(40(39)42)20-21-43(47-41,27-12-16-31(46-3)17-13-27)28-11-10-26-9-8-25-6-4-5-7-32(25)36(26)22-28/h4-24H,1-3H3. The van der Waals surface area contributed by atoms with Crippen molar-refractivity contribution in [3.63, 3.8) is 0 Å². The predicted molar refractivity (Wildman–Crippen MR) is 186 cm³/mol. The highest BCUT2D eigenvalue weighted by Gasteiger charge is 2.44. The van der Waals surface area contributed by atoms with E-state index in [9.17, 15) is 4.39 Å². The number of benzene rings is 7. The molecule has 1 atom stereocenters. The third-order valence-electron chi connectivity index (χ3n) is 10.3. The van der Waals surface area contributed by atoms with Gasteiger partial charge in [0.1, 0.15) is 23.1 Å². The largest absolute Gasteiger partial charge is 0.497 e. The molecule has 7 aromatic carbocycles. The summed E-state index contributed by atoms with van der Waals surface area (Å²) in [4.78, 5) is 0. The van der Waals surface area contributed by atoms with E-state index >= 15 is 4.39 Å². The van der Waals surface area contributed by atoms with Gasteiger partial charge in [0.2, 0.25) is 0 Å². The van der Waals surface area contributed by atoms with Crippen LogP contribution >= 0.6 is 0 Å². The van der Waals surface area contributed by atoms with Gasteiger partial charge in [-0.15, -0.1) is 0 Å². The molecule has 1 heterocycles. The van der Waals surface area contributed by atoms with Crippen molar-refractivity contribution >= 4 is 38.4 Å². The maximum absolute atomic E-state index is 15.2. The van der Waals surface area contributed by atoms with Gasteiger partial charge in [-0.1, -0.05) is 92.7 Å². The molecule has 1 aliphatic carbocycles. The van der Waals surface area contributed by atoms with Crippen LogP contribution in [-0.4, -0.2) is 7.11 Å². The Bertz CT molecular complexity index is 2470. The molecule has 9 rings (SSSR count). The first-order chi connectivity index (χ1) is 22.8. The van der Waals surface area contributed by atoms with Crippen LogP contribution in [0.3, 0.4) is 0 Å². The van der Waals surface area contributed by atoms with Crippen LogP contribution in [0.2, 0.25) is 0 Å². The molecule has 0 N–H and O–H groups in total. The number of ether oxygens (including phenoxy) is 2. The number of halogens is 2. The molecule has 0 bridgehead atoms. The first-order valence-corrected chi connectivity index (χ1v) is 15.8. The average Bonchev–Trinajstić information content (AvgIpc) is 3.33. The van der Waals surface area contributed by atoms with Gasteiger partial charge in [0, 0.05) is 27.5 Å². The van der Waals surface area contributed by atoms with Crippen molar-refractivity contribution < 1.29 is 18.3 Å². The van der Waals surface area contributed by atoms with Gasteiger partial charge in [-0.25, -0.2) is 8.78 Å². The Labute approximate surface area is 271 Å². The summed E-state index contributed by atoms with van der Waals surface area (Å²) < 4.78 is 42.7. The highest BCUT2D eigenvalue weighted by atomic mass is 19.1. The van der Waals surface area contributed by atoms with Gasteiger partial charge in [0.25, 0.3) is 0 Å². The zero-order chi connectivity index (χ0) is 32.1. The minimum Gasteiger partial charge on any atom is -0.497 e. The fraction of sp³-hybridized carbons (Fsp3) is 0.116. The lowest BCUT2D eigenvalue weighted by Crippen LogP contribution is -2.35. The third-order valence-corrected chi connectivity index (χ3v) is 10.3. The van der Waals surface area contributed by atoms with Crippen LogP contribution in [0.5, 0.6) is 11.5 Å². The normalized spacial score (nSPS) is 17.4. The van der Waals surface area contributed by atoms with Crippen LogP contribution in [0, 0.1) is 11.6 Å². The second-order valence-corrected chi connectivity index (χ2v) is 13.1. The Morgan fingerprint density at radius 3 is 2.15 bits per heavy atom. The molecule has 2 aliphatic rings. The van der Waals surface area contributed by atoms with Crippen molar-refractivity contribution in [2.24, 2.45) is 0 Å². The van der Waals surface area contributed by atoms with Crippen LogP contribution in [0.1, 0.15) is 41.7 Å². The van der Waals surface area contributed by atoms with Gasteiger partial charge >= 0.3 is 0 Å². The second-order valence-electron chi connectivity index (χ2n) is 13.1. The summed E-state index contributed by atoms with van der Waals surface area (Å²) in [5, 5.41) is 6.14. The van der Waals surface area contributed by atoms with Crippen LogP contribution in [-0.2, 0) is 11.0 Å². The molecule has 0 amide bonds.